The molecule has 1 aromatic carbocycles. The first-order valence-corrected chi connectivity index (χ1v) is 8.55. The van der Waals surface area contributed by atoms with Crippen LogP contribution >= 0.6 is 0 Å². The molecule has 0 aliphatic rings. The first kappa shape index (κ1) is 17.1. The third kappa shape index (κ3) is 4.89. The summed E-state index contributed by atoms with van der Waals surface area (Å²) in [6.07, 6.45) is 0.921. The molecule has 1 rings (SSSR count). The third-order valence-electron chi connectivity index (χ3n) is 2.87. The topological polar surface area (TPSA) is 58.2 Å². The number of hydrogen-bond acceptors (Lipinski definition) is 3. The van der Waals surface area contributed by atoms with Gasteiger partial charge < -0.3 is 5.32 Å². The van der Waals surface area contributed by atoms with Gasteiger partial charge in [-0.25, -0.2) is 13.1 Å². The Morgan fingerprint density at radius 1 is 1.20 bits per heavy atom. The van der Waals surface area contributed by atoms with E-state index in [-0.39, 0.29) is 6.04 Å². The standard InChI is InChI=1S/C15H26N2O2S/c1-6-14(16-7-2)12-9-8-10-13(11-12)20(18,19)17-15(3,4)5/h8-11,14,16-17H,6-7H2,1-5H3. The maximum absolute atomic E-state index is 12.3. The van der Waals surface area contributed by atoms with Crippen molar-refractivity contribution >= 4 is 10.0 Å². The van der Waals surface area contributed by atoms with Gasteiger partial charge in [-0.2, -0.15) is 0 Å². The lowest BCUT2D eigenvalue weighted by molar-refractivity contribution is 0.491. The monoisotopic (exact) mass is 298 g/mol. The molecular formula is C15H26N2O2S. The molecule has 0 saturated heterocycles. The highest BCUT2D eigenvalue weighted by atomic mass is 32.2. The van der Waals surface area contributed by atoms with E-state index in [0.717, 1.165) is 18.5 Å². The second kappa shape index (κ2) is 6.70. The van der Waals surface area contributed by atoms with E-state index in [9.17, 15) is 8.42 Å². The van der Waals surface area contributed by atoms with Crippen LogP contribution in [-0.2, 0) is 10.0 Å². The van der Waals surface area contributed by atoms with Crippen LogP contribution in [0.15, 0.2) is 29.2 Å². The quantitative estimate of drug-likeness (QED) is 0.849. The molecule has 1 atom stereocenters. The molecule has 0 aliphatic heterocycles. The minimum Gasteiger partial charge on any atom is -0.310 e. The predicted octanol–water partition coefficient (Wildman–Crippen LogP) is 2.82. The molecule has 2 N–H and O–H groups in total. The Kier molecular flexibility index (Phi) is 5.74. The number of hydrogen-bond donors (Lipinski definition) is 2. The van der Waals surface area contributed by atoms with E-state index in [1.54, 1.807) is 18.2 Å². The van der Waals surface area contributed by atoms with Crippen LogP contribution in [-0.4, -0.2) is 20.5 Å². The molecule has 0 radical (unpaired) electrons. The Hall–Kier alpha value is -0.910. The lowest BCUT2D eigenvalue weighted by Gasteiger charge is -2.21. The number of sulfonamides is 1. The van der Waals surface area contributed by atoms with Crippen molar-refractivity contribution in [1.29, 1.82) is 0 Å². The summed E-state index contributed by atoms with van der Waals surface area (Å²) < 4.78 is 27.4. The maximum Gasteiger partial charge on any atom is 0.241 e. The van der Waals surface area contributed by atoms with E-state index >= 15 is 0 Å². The van der Waals surface area contributed by atoms with E-state index < -0.39 is 15.6 Å². The molecule has 0 saturated carbocycles. The fraction of sp³-hybridized carbons (Fsp3) is 0.600. The van der Waals surface area contributed by atoms with Crippen LogP contribution in [0.5, 0.6) is 0 Å². The van der Waals surface area contributed by atoms with Crippen molar-refractivity contribution in [2.75, 3.05) is 6.54 Å². The van der Waals surface area contributed by atoms with Gasteiger partial charge in [0.25, 0.3) is 0 Å². The van der Waals surface area contributed by atoms with Gasteiger partial charge in [-0.1, -0.05) is 26.0 Å². The van der Waals surface area contributed by atoms with E-state index in [4.69, 9.17) is 0 Å². The Morgan fingerprint density at radius 3 is 2.35 bits per heavy atom. The van der Waals surface area contributed by atoms with Crippen molar-refractivity contribution in [2.24, 2.45) is 0 Å². The zero-order valence-corrected chi connectivity index (χ0v) is 13.8. The number of benzene rings is 1. The summed E-state index contributed by atoms with van der Waals surface area (Å²) in [6.45, 7) is 10.5. The summed E-state index contributed by atoms with van der Waals surface area (Å²) >= 11 is 0. The SMILES string of the molecule is CCNC(CC)c1cccc(S(=O)(=O)NC(C)(C)C)c1. The fourth-order valence-electron chi connectivity index (χ4n) is 2.10. The van der Waals surface area contributed by atoms with Crippen LogP contribution in [0.25, 0.3) is 0 Å². The number of rotatable bonds is 6. The Morgan fingerprint density at radius 2 is 1.85 bits per heavy atom. The van der Waals surface area contributed by atoms with Crippen molar-refractivity contribution < 1.29 is 8.42 Å². The molecule has 0 aromatic heterocycles. The molecule has 0 aliphatic carbocycles. The van der Waals surface area contributed by atoms with Crippen LogP contribution < -0.4 is 10.0 Å². The summed E-state index contributed by atoms with van der Waals surface area (Å²) in [4.78, 5) is 0.321. The smallest absolute Gasteiger partial charge is 0.241 e. The molecular weight excluding hydrogens is 272 g/mol. The van der Waals surface area contributed by atoms with Crippen molar-refractivity contribution in [1.82, 2.24) is 10.0 Å². The second-order valence-electron chi connectivity index (χ2n) is 5.95. The largest absolute Gasteiger partial charge is 0.310 e. The van der Waals surface area contributed by atoms with E-state index in [1.165, 1.54) is 0 Å². The zero-order valence-electron chi connectivity index (χ0n) is 13.0. The van der Waals surface area contributed by atoms with Gasteiger partial charge in [-0.05, 0) is 51.4 Å². The molecule has 1 unspecified atom stereocenters. The van der Waals surface area contributed by atoms with Gasteiger partial charge in [0, 0.05) is 11.6 Å². The Balaban J connectivity index is 3.09. The Labute approximate surface area is 123 Å². The highest BCUT2D eigenvalue weighted by Crippen LogP contribution is 2.21. The molecule has 4 nitrogen and oxygen atoms in total. The lowest BCUT2D eigenvalue weighted by atomic mass is 10.0. The average Bonchev–Trinajstić information content (AvgIpc) is 2.33. The molecule has 114 valence electrons. The third-order valence-corrected chi connectivity index (χ3v) is 4.63. The van der Waals surface area contributed by atoms with Gasteiger partial charge in [0.05, 0.1) is 4.90 Å². The van der Waals surface area contributed by atoms with Gasteiger partial charge in [-0.3, -0.25) is 0 Å². The number of nitrogens with one attached hydrogen (secondary N) is 2. The maximum atomic E-state index is 12.3. The van der Waals surface area contributed by atoms with Crippen LogP contribution in [0.2, 0.25) is 0 Å². The van der Waals surface area contributed by atoms with Gasteiger partial charge in [-0.15, -0.1) is 0 Å². The van der Waals surface area contributed by atoms with Gasteiger partial charge in [0.2, 0.25) is 10.0 Å². The van der Waals surface area contributed by atoms with Crippen molar-refractivity contribution in [3.63, 3.8) is 0 Å². The molecule has 0 heterocycles. The lowest BCUT2D eigenvalue weighted by Crippen LogP contribution is -2.40. The first-order chi connectivity index (χ1) is 9.19. The summed E-state index contributed by atoms with van der Waals surface area (Å²) in [5.41, 5.74) is 0.520. The highest BCUT2D eigenvalue weighted by Gasteiger charge is 2.22. The minimum absolute atomic E-state index is 0.185. The van der Waals surface area contributed by atoms with Gasteiger partial charge in [0.15, 0.2) is 0 Å². The normalized spacial score (nSPS) is 14.2. The highest BCUT2D eigenvalue weighted by molar-refractivity contribution is 7.89. The molecule has 0 bridgehead atoms. The van der Waals surface area contributed by atoms with E-state index in [1.807, 2.05) is 33.8 Å². The van der Waals surface area contributed by atoms with Crippen LogP contribution in [0, 0.1) is 0 Å². The van der Waals surface area contributed by atoms with Crippen LogP contribution in [0.1, 0.15) is 52.6 Å². The van der Waals surface area contributed by atoms with E-state index in [2.05, 4.69) is 17.0 Å². The first-order valence-electron chi connectivity index (χ1n) is 7.07. The summed E-state index contributed by atoms with van der Waals surface area (Å²) in [7, 11) is -3.47. The molecule has 0 fully saturated rings. The van der Waals surface area contributed by atoms with E-state index in [0.29, 0.717) is 4.90 Å². The molecule has 20 heavy (non-hydrogen) atoms. The van der Waals surface area contributed by atoms with Crippen molar-refractivity contribution in [3.8, 4) is 0 Å². The second-order valence-corrected chi connectivity index (χ2v) is 7.63. The van der Waals surface area contributed by atoms with Crippen LogP contribution in [0.4, 0.5) is 0 Å². The van der Waals surface area contributed by atoms with Gasteiger partial charge >= 0.3 is 0 Å². The fourth-order valence-corrected chi connectivity index (χ4v) is 3.58. The van der Waals surface area contributed by atoms with Crippen LogP contribution in [0.3, 0.4) is 0 Å². The van der Waals surface area contributed by atoms with Crippen molar-refractivity contribution in [3.05, 3.63) is 29.8 Å². The summed E-state index contributed by atoms with van der Waals surface area (Å²) in [5, 5.41) is 3.36. The zero-order chi connectivity index (χ0) is 15.4. The average molecular weight is 298 g/mol. The van der Waals surface area contributed by atoms with Crippen molar-refractivity contribution in [2.45, 2.75) is 57.5 Å². The summed E-state index contributed by atoms with van der Waals surface area (Å²) in [6, 6.07) is 7.34. The molecule has 0 amide bonds. The predicted molar refractivity (Wildman–Crippen MR) is 83.2 cm³/mol. The molecule has 0 spiro atoms. The minimum atomic E-state index is -3.47. The molecule has 1 aromatic rings. The Bertz CT molecular complexity index is 533. The van der Waals surface area contributed by atoms with Gasteiger partial charge in [0.1, 0.15) is 0 Å². The molecule has 5 heteroatoms. The summed E-state index contributed by atoms with van der Waals surface area (Å²) in [5.74, 6) is 0.